The fraction of sp³-hybridized carbons (Fsp3) is 0.125. The summed E-state index contributed by atoms with van der Waals surface area (Å²) in [5.74, 6) is 0.0743. The van der Waals surface area contributed by atoms with Crippen molar-refractivity contribution >= 4 is 11.9 Å². The van der Waals surface area contributed by atoms with Gasteiger partial charge in [-0.25, -0.2) is 8.78 Å². The van der Waals surface area contributed by atoms with E-state index in [0.29, 0.717) is 28.4 Å². The Morgan fingerprint density at radius 1 is 1.00 bits per heavy atom. The summed E-state index contributed by atoms with van der Waals surface area (Å²) < 4.78 is 44.2. The Morgan fingerprint density at radius 3 is 2.37 bits per heavy atom. The van der Waals surface area contributed by atoms with Gasteiger partial charge in [0.25, 0.3) is 0 Å². The minimum absolute atomic E-state index is 0.158. The second-order valence-electron chi connectivity index (χ2n) is 6.77. The van der Waals surface area contributed by atoms with Gasteiger partial charge < -0.3 is 14.2 Å². The summed E-state index contributed by atoms with van der Waals surface area (Å²) in [5, 5.41) is 0. The van der Waals surface area contributed by atoms with Crippen molar-refractivity contribution in [3.63, 3.8) is 0 Å². The Balaban J connectivity index is 1.57. The first-order valence-electron chi connectivity index (χ1n) is 9.25. The summed E-state index contributed by atoms with van der Waals surface area (Å²) in [6.07, 6.45) is 1.65. The monoisotopic (exact) mass is 408 g/mol. The first-order valence-corrected chi connectivity index (χ1v) is 9.25. The van der Waals surface area contributed by atoms with Crippen LogP contribution in [0.5, 0.6) is 17.2 Å². The standard InChI is InChI=1S/C24H18F2O4/c1-14-21(29-13-18-19(25)4-3-5-20(18)26)11-10-17-23(27)22(30-24(14)17)12-15-6-8-16(28-2)9-7-15/h3-12H,13H2,1-2H3/b22-12-. The molecule has 0 N–H and O–H groups in total. The van der Waals surface area contributed by atoms with Crippen molar-refractivity contribution in [1.29, 1.82) is 0 Å². The van der Waals surface area contributed by atoms with Crippen LogP contribution in [-0.2, 0) is 6.61 Å². The molecule has 0 atom stereocenters. The number of fused-ring (bicyclic) bond motifs is 1. The fourth-order valence-electron chi connectivity index (χ4n) is 3.20. The largest absolute Gasteiger partial charge is 0.497 e. The summed E-state index contributed by atoms with van der Waals surface area (Å²) in [4.78, 5) is 12.7. The van der Waals surface area contributed by atoms with E-state index >= 15 is 0 Å². The number of methoxy groups -OCH3 is 1. The lowest BCUT2D eigenvalue weighted by molar-refractivity contribution is 0.101. The smallest absolute Gasteiger partial charge is 0.231 e. The van der Waals surface area contributed by atoms with Crippen molar-refractivity contribution in [2.75, 3.05) is 7.11 Å². The molecule has 152 valence electrons. The van der Waals surface area contributed by atoms with Gasteiger partial charge in [-0.05, 0) is 55.0 Å². The Labute approximate surface area is 172 Å². The van der Waals surface area contributed by atoms with E-state index in [1.807, 2.05) is 12.1 Å². The zero-order valence-corrected chi connectivity index (χ0v) is 16.4. The number of carbonyl (C=O) groups is 1. The highest BCUT2D eigenvalue weighted by molar-refractivity contribution is 6.14. The zero-order chi connectivity index (χ0) is 21.3. The zero-order valence-electron chi connectivity index (χ0n) is 16.4. The number of hydrogen-bond donors (Lipinski definition) is 0. The summed E-state index contributed by atoms with van der Waals surface area (Å²) in [6.45, 7) is 1.45. The molecule has 4 nitrogen and oxygen atoms in total. The number of Topliss-reactive ketones (excluding diaryl/α,β-unsaturated/α-hetero) is 1. The van der Waals surface area contributed by atoms with Crippen LogP contribution in [0.25, 0.3) is 6.08 Å². The van der Waals surface area contributed by atoms with Crippen molar-refractivity contribution in [3.05, 3.63) is 94.2 Å². The number of ether oxygens (including phenoxy) is 3. The summed E-state index contributed by atoms with van der Waals surface area (Å²) in [5.41, 5.74) is 1.62. The number of carbonyl (C=O) groups excluding carboxylic acids is 1. The average molecular weight is 408 g/mol. The van der Waals surface area contributed by atoms with Gasteiger partial charge in [0.2, 0.25) is 5.78 Å². The van der Waals surface area contributed by atoms with Crippen molar-refractivity contribution in [2.24, 2.45) is 0 Å². The van der Waals surface area contributed by atoms with Crippen LogP contribution in [0, 0.1) is 18.6 Å². The molecule has 0 aromatic heterocycles. The van der Waals surface area contributed by atoms with Crippen LogP contribution in [0.15, 0.2) is 60.4 Å². The normalized spacial score (nSPS) is 13.9. The molecular formula is C24H18F2O4. The highest BCUT2D eigenvalue weighted by Crippen LogP contribution is 2.39. The van der Waals surface area contributed by atoms with E-state index in [4.69, 9.17) is 14.2 Å². The topological polar surface area (TPSA) is 44.8 Å². The lowest BCUT2D eigenvalue weighted by Gasteiger charge is -2.12. The molecule has 3 aromatic rings. The van der Waals surface area contributed by atoms with Crippen LogP contribution >= 0.6 is 0 Å². The van der Waals surface area contributed by atoms with Gasteiger partial charge in [-0.1, -0.05) is 18.2 Å². The molecule has 6 heteroatoms. The highest BCUT2D eigenvalue weighted by Gasteiger charge is 2.30. The molecular weight excluding hydrogens is 390 g/mol. The van der Waals surface area contributed by atoms with E-state index in [-0.39, 0.29) is 23.7 Å². The van der Waals surface area contributed by atoms with Gasteiger partial charge in [0, 0.05) is 5.56 Å². The number of hydrogen-bond acceptors (Lipinski definition) is 4. The predicted molar refractivity (Wildman–Crippen MR) is 108 cm³/mol. The quantitative estimate of drug-likeness (QED) is 0.525. The molecule has 0 fully saturated rings. The predicted octanol–water partition coefficient (Wildman–Crippen LogP) is 5.48. The minimum atomic E-state index is -0.676. The van der Waals surface area contributed by atoms with Crippen LogP contribution in [-0.4, -0.2) is 12.9 Å². The molecule has 0 radical (unpaired) electrons. The van der Waals surface area contributed by atoms with Crippen LogP contribution in [0.3, 0.4) is 0 Å². The molecule has 0 unspecified atom stereocenters. The van der Waals surface area contributed by atoms with E-state index < -0.39 is 11.6 Å². The van der Waals surface area contributed by atoms with Crippen LogP contribution in [0.4, 0.5) is 8.78 Å². The molecule has 4 rings (SSSR count). The first kappa shape index (κ1) is 19.6. The average Bonchev–Trinajstić information content (AvgIpc) is 3.06. The van der Waals surface area contributed by atoms with E-state index in [1.165, 1.54) is 18.2 Å². The molecule has 0 bridgehead atoms. The maximum absolute atomic E-state index is 13.8. The van der Waals surface area contributed by atoms with E-state index in [1.54, 1.807) is 44.4 Å². The van der Waals surface area contributed by atoms with E-state index in [2.05, 4.69) is 0 Å². The third kappa shape index (κ3) is 3.64. The lowest BCUT2D eigenvalue weighted by atomic mass is 10.1. The third-order valence-corrected chi connectivity index (χ3v) is 4.88. The molecule has 0 spiro atoms. The molecule has 1 aliphatic heterocycles. The SMILES string of the molecule is COc1ccc(/C=C2\Oc3c(ccc(OCc4c(F)cccc4F)c3C)C2=O)cc1. The number of allylic oxidation sites excluding steroid dienone is 1. The summed E-state index contributed by atoms with van der Waals surface area (Å²) in [7, 11) is 1.58. The molecule has 30 heavy (non-hydrogen) atoms. The number of rotatable bonds is 5. The lowest BCUT2D eigenvalue weighted by Crippen LogP contribution is -2.03. The number of benzene rings is 3. The second-order valence-corrected chi connectivity index (χ2v) is 6.77. The van der Waals surface area contributed by atoms with Crippen molar-refractivity contribution < 1.29 is 27.8 Å². The van der Waals surface area contributed by atoms with Crippen LogP contribution in [0.2, 0.25) is 0 Å². The van der Waals surface area contributed by atoms with Gasteiger partial charge >= 0.3 is 0 Å². The van der Waals surface area contributed by atoms with Crippen LogP contribution in [0.1, 0.15) is 27.0 Å². The maximum Gasteiger partial charge on any atom is 0.231 e. The minimum Gasteiger partial charge on any atom is -0.497 e. The first-order chi connectivity index (χ1) is 14.5. The molecule has 1 aliphatic rings. The Bertz CT molecular complexity index is 1130. The Morgan fingerprint density at radius 2 is 1.70 bits per heavy atom. The van der Waals surface area contributed by atoms with Gasteiger partial charge in [0.15, 0.2) is 5.76 Å². The molecule has 0 amide bonds. The van der Waals surface area contributed by atoms with Gasteiger partial charge in [-0.2, -0.15) is 0 Å². The Kier molecular flexibility index (Phi) is 5.23. The van der Waals surface area contributed by atoms with Crippen molar-refractivity contribution in [3.8, 4) is 17.2 Å². The van der Waals surface area contributed by atoms with E-state index in [0.717, 1.165) is 5.56 Å². The Hall–Kier alpha value is -3.67. The van der Waals surface area contributed by atoms with Crippen molar-refractivity contribution in [2.45, 2.75) is 13.5 Å². The summed E-state index contributed by atoms with van der Waals surface area (Å²) >= 11 is 0. The molecule has 1 heterocycles. The van der Waals surface area contributed by atoms with Gasteiger partial charge in [0.05, 0.1) is 18.2 Å². The van der Waals surface area contributed by atoms with Crippen molar-refractivity contribution in [1.82, 2.24) is 0 Å². The number of halogens is 2. The van der Waals surface area contributed by atoms with Gasteiger partial charge in [0.1, 0.15) is 35.5 Å². The molecule has 3 aromatic carbocycles. The van der Waals surface area contributed by atoms with Gasteiger partial charge in [-0.3, -0.25) is 4.79 Å². The highest BCUT2D eigenvalue weighted by atomic mass is 19.1. The number of ketones is 1. The maximum atomic E-state index is 13.8. The molecule has 0 aliphatic carbocycles. The fourth-order valence-corrected chi connectivity index (χ4v) is 3.20. The molecule has 0 saturated heterocycles. The second kappa shape index (κ2) is 7.99. The van der Waals surface area contributed by atoms with E-state index in [9.17, 15) is 13.6 Å². The van der Waals surface area contributed by atoms with Gasteiger partial charge in [-0.15, -0.1) is 0 Å². The third-order valence-electron chi connectivity index (χ3n) is 4.88. The molecule has 0 saturated carbocycles. The summed E-state index contributed by atoms with van der Waals surface area (Å²) in [6, 6.07) is 14.0. The van der Waals surface area contributed by atoms with Crippen LogP contribution < -0.4 is 14.2 Å².